The normalized spacial score (nSPS) is 11.3. The molecule has 4 rings (SSSR count). The minimum atomic E-state index is -2.95. The number of H-pyrrole nitrogens is 2. The van der Waals surface area contributed by atoms with Crippen LogP contribution in [0.5, 0.6) is 11.6 Å². The molecule has 6 nitrogen and oxygen atoms in total. The van der Waals surface area contributed by atoms with Gasteiger partial charge in [-0.1, -0.05) is 53.1 Å². The molecule has 0 aliphatic heterocycles. The average Bonchev–Trinajstić information content (AvgIpc) is 2.76. The smallest absolute Gasteiger partial charge is 0.325 e. The van der Waals surface area contributed by atoms with E-state index in [4.69, 9.17) is 4.52 Å². The molecule has 0 aliphatic carbocycles. The van der Waals surface area contributed by atoms with Gasteiger partial charge in [-0.15, -0.1) is 0 Å². The predicted molar refractivity (Wildman–Crippen MR) is 127 cm³/mol. The highest BCUT2D eigenvalue weighted by Gasteiger charge is 2.50. The fourth-order valence-electron chi connectivity index (χ4n) is 3.54. The van der Waals surface area contributed by atoms with Crippen LogP contribution in [-0.4, -0.2) is 9.97 Å². The number of aromatic nitrogens is 2. The summed E-state index contributed by atoms with van der Waals surface area (Å²) in [4.78, 5) is 28.4. The fraction of sp³-hybridized carbons (Fsp3) is 0.120. The summed E-state index contributed by atoms with van der Waals surface area (Å²) in [6.45, 7) is 5.97. The Kier molecular flexibility index (Phi) is 5.72. The summed E-state index contributed by atoms with van der Waals surface area (Å²) in [7, 11) is -2.95. The van der Waals surface area contributed by atoms with Gasteiger partial charge >= 0.3 is 11.2 Å². The van der Waals surface area contributed by atoms with Crippen molar-refractivity contribution in [3.05, 3.63) is 110 Å². The van der Waals surface area contributed by atoms with E-state index in [1.807, 2.05) is 93.6 Å². The maximum absolute atomic E-state index is 12.6. The molecule has 2 N–H and O–H groups in total. The van der Waals surface area contributed by atoms with Crippen LogP contribution in [0.3, 0.4) is 0 Å². The first-order valence-corrected chi connectivity index (χ1v) is 11.8. The minimum Gasteiger partial charge on any atom is -0.857 e. The predicted octanol–water partition coefficient (Wildman–Crippen LogP) is 2.35. The maximum atomic E-state index is 12.6. The van der Waals surface area contributed by atoms with Gasteiger partial charge in [-0.05, 0) is 57.2 Å². The van der Waals surface area contributed by atoms with Gasteiger partial charge in [-0.3, -0.25) is 9.78 Å². The lowest BCUT2D eigenvalue weighted by Crippen LogP contribution is -2.37. The van der Waals surface area contributed by atoms with Crippen molar-refractivity contribution < 1.29 is 9.63 Å². The highest BCUT2D eigenvalue weighted by atomic mass is 31.2. The van der Waals surface area contributed by atoms with E-state index < -0.39 is 30.4 Å². The van der Waals surface area contributed by atoms with Crippen LogP contribution >= 0.6 is 7.49 Å². The third-order valence-electron chi connectivity index (χ3n) is 5.29. The van der Waals surface area contributed by atoms with E-state index in [0.717, 1.165) is 32.6 Å². The van der Waals surface area contributed by atoms with E-state index in [9.17, 15) is 14.7 Å². The number of aryl methyl sites for hydroxylation is 3. The Bertz CT molecular complexity index is 1240. The Balaban J connectivity index is 2.08. The highest BCUT2D eigenvalue weighted by Crippen LogP contribution is 2.56. The summed E-state index contributed by atoms with van der Waals surface area (Å²) in [5.41, 5.74) is 1.51. The molecular weight excluding hydrogens is 423 g/mol. The summed E-state index contributed by atoms with van der Waals surface area (Å²) >= 11 is 0. The summed E-state index contributed by atoms with van der Waals surface area (Å²) < 4.78 is 6.48. The Morgan fingerprint density at radius 3 is 1.38 bits per heavy atom. The lowest BCUT2D eigenvalue weighted by Gasteiger charge is -2.27. The van der Waals surface area contributed by atoms with Crippen molar-refractivity contribution in [1.29, 1.82) is 0 Å². The van der Waals surface area contributed by atoms with E-state index in [1.165, 1.54) is 0 Å². The van der Waals surface area contributed by atoms with Crippen LogP contribution in [0, 0.1) is 20.8 Å². The molecule has 7 heteroatoms. The molecule has 0 spiro atoms. The second-order valence-corrected chi connectivity index (χ2v) is 10.7. The van der Waals surface area contributed by atoms with Crippen LogP contribution in [0.15, 0.2) is 82.4 Å². The highest BCUT2D eigenvalue weighted by molar-refractivity contribution is 7.92. The molecule has 32 heavy (non-hydrogen) atoms. The zero-order chi connectivity index (χ0) is 22.9. The van der Waals surface area contributed by atoms with Crippen molar-refractivity contribution in [3.63, 3.8) is 0 Å². The van der Waals surface area contributed by atoms with Crippen molar-refractivity contribution in [2.45, 2.75) is 20.8 Å². The van der Waals surface area contributed by atoms with Gasteiger partial charge in [0.05, 0.1) is 0 Å². The minimum absolute atomic E-state index is 0.431. The molecule has 0 unspecified atom stereocenters. The third kappa shape index (κ3) is 3.97. The van der Waals surface area contributed by atoms with Gasteiger partial charge < -0.3 is 14.6 Å². The topological polar surface area (TPSA) is 98.0 Å². The lowest BCUT2D eigenvalue weighted by molar-refractivity contribution is -0.276. The molecule has 0 fully saturated rings. The first-order valence-electron chi connectivity index (χ1n) is 10.1. The SMILES string of the molecule is Cc1ccc([P+](Oc2c([O-])[nH]c(=O)[nH]c2=O)(c2ccc(C)cc2)c2ccc(C)cc2)cc1. The Morgan fingerprint density at radius 2 is 1.03 bits per heavy atom. The molecule has 1 heterocycles. The van der Waals surface area contributed by atoms with Gasteiger partial charge in [-0.25, -0.2) is 4.79 Å². The molecular formula is C25H23N2O4P. The quantitative estimate of drug-likeness (QED) is 0.460. The molecule has 0 saturated carbocycles. The van der Waals surface area contributed by atoms with Gasteiger partial charge in [-0.2, -0.15) is 0 Å². The average molecular weight is 446 g/mol. The second-order valence-electron chi connectivity index (χ2n) is 7.77. The van der Waals surface area contributed by atoms with Crippen LogP contribution in [0.1, 0.15) is 16.7 Å². The first kappa shape index (κ1) is 21.6. The Labute approximate surface area is 186 Å². The number of rotatable bonds is 5. The first-order chi connectivity index (χ1) is 15.3. The number of aromatic amines is 2. The molecule has 4 aromatic rings. The number of hydrogen-bond donors (Lipinski definition) is 2. The monoisotopic (exact) mass is 446 g/mol. The summed E-state index contributed by atoms with van der Waals surface area (Å²) in [6, 6.07) is 23.7. The summed E-state index contributed by atoms with van der Waals surface area (Å²) in [6.07, 6.45) is 0. The van der Waals surface area contributed by atoms with Gasteiger partial charge in [0.25, 0.3) is 7.49 Å². The largest absolute Gasteiger partial charge is 0.857 e. The van der Waals surface area contributed by atoms with Crippen LogP contribution in [0.25, 0.3) is 0 Å². The van der Waals surface area contributed by atoms with Gasteiger partial charge in [0.15, 0.2) is 0 Å². The molecule has 0 atom stereocenters. The molecule has 0 saturated heterocycles. The number of nitrogens with one attached hydrogen (secondary N) is 2. The van der Waals surface area contributed by atoms with Crippen molar-refractivity contribution in [2.75, 3.05) is 0 Å². The Hall–Kier alpha value is -3.63. The van der Waals surface area contributed by atoms with E-state index in [1.54, 1.807) is 0 Å². The number of hydrogen-bond acceptors (Lipinski definition) is 4. The zero-order valence-corrected chi connectivity index (χ0v) is 18.9. The molecule has 0 amide bonds. The molecule has 162 valence electrons. The van der Waals surface area contributed by atoms with Crippen LogP contribution < -0.4 is 36.8 Å². The van der Waals surface area contributed by atoms with E-state index in [-0.39, 0.29) is 0 Å². The van der Waals surface area contributed by atoms with E-state index in [0.29, 0.717) is 0 Å². The maximum Gasteiger partial charge on any atom is 0.325 e. The van der Waals surface area contributed by atoms with E-state index >= 15 is 0 Å². The lowest BCUT2D eigenvalue weighted by atomic mass is 10.2. The fourth-order valence-corrected chi connectivity index (χ4v) is 6.90. The van der Waals surface area contributed by atoms with Crippen LogP contribution in [-0.2, 0) is 0 Å². The molecule has 3 aromatic carbocycles. The van der Waals surface area contributed by atoms with E-state index in [2.05, 4.69) is 9.97 Å². The summed E-state index contributed by atoms with van der Waals surface area (Å²) in [5.74, 6) is -1.28. The molecule has 0 aliphatic rings. The van der Waals surface area contributed by atoms with Gasteiger partial charge in [0.1, 0.15) is 15.9 Å². The van der Waals surface area contributed by atoms with Crippen molar-refractivity contribution in [3.8, 4) is 11.6 Å². The molecule has 0 bridgehead atoms. The van der Waals surface area contributed by atoms with Crippen LogP contribution in [0.4, 0.5) is 0 Å². The van der Waals surface area contributed by atoms with Crippen molar-refractivity contribution in [1.82, 2.24) is 9.97 Å². The molecule has 1 aromatic heterocycles. The third-order valence-corrected chi connectivity index (χ3v) is 8.82. The summed E-state index contributed by atoms with van der Waals surface area (Å²) in [5, 5.41) is 15.2. The van der Waals surface area contributed by atoms with Crippen molar-refractivity contribution >= 4 is 23.4 Å². The second kappa shape index (κ2) is 8.48. The Morgan fingerprint density at radius 1 is 0.656 bits per heavy atom. The zero-order valence-electron chi connectivity index (χ0n) is 18.0. The van der Waals surface area contributed by atoms with Gasteiger partial charge in [0, 0.05) is 5.88 Å². The van der Waals surface area contributed by atoms with Gasteiger partial charge in [0.2, 0.25) is 5.75 Å². The standard InChI is InChI=1S/C25H23N2O4P/c1-16-4-10-19(11-5-16)32(20-12-6-17(2)7-13-20,21-14-8-18(3)9-15-21)31-22-23(28)26-25(30)27-24(22)29/h4-15H,1-3H3,(H2-,26,27,28,29,30). The number of benzene rings is 3. The molecule has 0 radical (unpaired) electrons. The van der Waals surface area contributed by atoms with Crippen LogP contribution in [0.2, 0.25) is 0 Å². The van der Waals surface area contributed by atoms with Crippen molar-refractivity contribution in [2.24, 2.45) is 0 Å².